The Morgan fingerprint density at radius 2 is 2.00 bits per heavy atom. The van der Waals surface area contributed by atoms with E-state index in [0.29, 0.717) is 6.04 Å². The monoisotopic (exact) mass is 248 g/mol. The summed E-state index contributed by atoms with van der Waals surface area (Å²) in [6.07, 6.45) is 3.46. The van der Waals surface area contributed by atoms with E-state index in [4.69, 9.17) is 4.74 Å². The maximum Gasteiger partial charge on any atom is 0.0503 e. The van der Waals surface area contributed by atoms with Crippen molar-refractivity contribution in [3.63, 3.8) is 0 Å². The van der Waals surface area contributed by atoms with Crippen molar-refractivity contribution >= 4 is 5.69 Å². The topological polar surface area (TPSA) is 24.5 Å². The summed E-state index contributed by atoms with van der Waals surface area (Å²) in [6, 6.07) is 9.40. The Labute approximate surface area is 110 Å². The number of anilines is 1. The van der Waals surface area contributed by atoms with Crippen molar-refractivity contribution in [1.29, 1.82) is 0 Å². The number of nitrogens with one attached hydrogen (secondary N) is 1. The first-order valence-corrected chi connectivity index (χ1v) is 6.84. The molecule has 1 fully saturated rings. The van der Waals surface area contributed by atoms with Gasteiger partial charge in [-0.1, -0.05) is 18.2 Å². The van der Waals surface area contributed by atoms with E-state index in [1.165, 1.54) is 24.1 Å². The quantitative estimate of drug-likeness (QED) is 0.863. The lowest BCUT2D eigenvalue weighted by Gasteiger charge is -2.34. The van der Waals surface area contributed by atoms with Crippen molar-refractivity contribution in [2.75, 3.05) is 38.8 Å². The molecule has 1 aromatic rings. The molecule has 1 saturated heterocycles. The Bertz CT molecular complexity index is 359. The maximum absolute atomic E-state index is 5.19. The number of hydrogen-bond donors (Lipinski definition) is 1. The molecule has 0 amide bonds. The first kappa shape index (κ1) is 13.4. The van der Waals surface area contributed by atoms with Crippen molar-refractivity contribution in [3.05, 3.63) is 29.8 Å². The number of hydrogen-bond acceptors (Lipinski definition) is 3. The number of para-hydroxylation sites is 1. The van der Waals surface area contributed by atoms with Gasteiger partial charge in [-0.25, -0.2) is 0 Å². The molecule has 3 heteroatoms. The lowest BCUT2D eigenvalue weighted by molar-refractivity contribution is 0.202. The highest BCUT2D eigenvalue weighted by Crippen LogP contribution is 2.24. The highest BCUT2D eigenvalue weighted by atomic mass is 16.5. The summed E-state index contributed by atoms with van der Waals surface area (Å²) in [7, 11) is 3.83. The molecule has 0 aromatic heterocycles. The van der Waals surface area contributed by atoms with Crippen LogP contribution in [-0.4, -0.2) is 39.9 Å². The average molecular weight is 248 g/mol. The van der Waals surface area contributed by atoms with Crippen LogP contribution in [0, 0.1) is 0 Å². The Morgan fingerprint density at radius 3 is 2.67 bits per heavy atom. The third kappa shape index (κ3) is 3.24. The van der Waals surface area contributed by atoms with Crippen LogP contribution in [0.3, 0.4) is 0 Å². The molecule has 0 saturated carbocycles. The molecule has 0 aliphatic carbocycles. The van der Waals surface area contributed by atoms with Crippen LogP contribution in [0.25, 0.3) is 0 Å². The zero-order valence-corrected chi connectivity index (χ0v) is 11.5. The average Bonchev–Trinajstić information content (AvgIpc) is 2.45. The lowest BCUT2D eigenvalue weighted by atomic mass is 10.0. The lowest BCUT2D eigenvalue weighted by Crippen LogP contribution is -2.41. The van der Waals surface area contributed by atoms with Crippen LogP contribution in [0.4, 0.5) is 5.69 Å². The summed E-state index contributed by atoms with van der Waals surface area (Å²) in [5.41, 5.74) is 2.80. The van der Waals surface area contributed by atoms with Crippen LogP contribution in [0.1, 0.15) is 18.4 Å². The second kappa shape index (κ2) is 6.76. The molecule has 1 heterocycles. The van der Waals surface area contributed by atoms with Gasteiger partial charge in [-0.2, -0.15) is 0 Å². The first-order valence-electron chi connectivity index (χ1n) is 6.84. The molecule has 1 N–H and O–H groups in total. The number of rotatable bonds is 5. The first-order chi connectivity index (χ1) is 8.85. The van der Waals surface area contributed by atoms with Gasteiger partial charge < -0.3 is 15.0 Å². The summed E-state index contributed by atoms with van der Waals surface area (Å²) in [5, 5.41) is 3.38. The molecule has 0 unspecified atom stereocenters. The molecule has 1 aliphatic rings. The van der Waals surface area contributed by atoms with Gasteiger partial charge >= 0.3 is 0 Å². The zero-order valence-electron chi connectivity index (χ0n) is 11.5. The van der Waals surface area contributed by atoms with Crippen molar-refractivity contribution in [1.82, 2.24) is 5.32 Å². The van der Waals surface area contributed by atoms with E-state index in [-0.39, 0.29) is 0 Å². The maximum atomic E-state index is 5.19. The van der Waals surface area contributed by atoms with Crippen molar-refractivity contribution in [2.45, 2.75) is 25.3 Å². The molecule has 0 spiro atoms. The number of methoxy groups -OCH3 is 1. The molecular weight excluding hydrogens is 224 g/mol. The molecule has 2 rings (SSSR count). The van der Waals surface area contributed by atoms with Gasteiger partial charge in [-0.3, -0.25) is 0 Å². The number of benzene rings is 1. The van der Waals surface area contributed by atoms with E-state index in [9.17, 15) is 0 Å². The van der Waals surface area contributed by atoms with Gasteiger partial charge in [0.25, 0.3) is 0 Å². The van der Waals surface area contributed by atoms with Gasteiger partial charge in [0.2, 0.25) is 0 Å². The van der Waals surface area contributed by atoms with Gasteiger partial charge in [0.05, 0.1) is 6.61 Å². The molecule has 3 nitrogen and oxygen atoms in total. The van der Waals surface area contributed by atoms with Crippen molar-refractivity contribution in [2.24, 2.45) is 0 Å². The fourth-order valence-electron chi connectivity index (χ4n) is 2.65. The van der Waals surface area contributed by atoms with Crippen LogP contribution in [0.2, 0.25) is 0 Å². The van der Waals surface area contributed by atoms with E-state index in [1.807, 2.05) is 0 Å². The molecule has 0 atom stereocenters. The summed E-state index contributed by atoms with van der Waals surface area (Å²) in [5.74, 6) is 0. The molecule has 100 valence electrons. The molecule has 0 radical (unpaired) electrons. The third-order valence-corrected chi connectivity index (χ3v) is 3.81. The molecule has 1 aromatic carbocycles. The van der Waals surface area contributed by atoms with Crippen LogP contribution in [0.15, 0.2) is 24.3 Å². The molecule has 0 bridgehead atoms. The third-order valence-electron chi connectivity index (χ3n) is 3.81. The predicted octanol–water partition coefficient (Wildman–Crippen LogP) is 2.06. The SMILES string of the molecule is CNC1CCN(c2ccccc2CCOC)CC1. The molecule has 18 heavy (non-hydrogen) atoms. The second-order valence-corrected chi connectivity index (χ2v) is 4.92. The van der Waals surface area contributed by atoms with E-state index < -0.39 is 0 Å². The highest BCUT2D eigenvalue weighted by molar-refractivity contribution is 5.54. The minimum Gasteiger partial charge on any atom is -0.384 e. The fourth-order valence-corrected chi connectivity index (χ4v) is 2.65. The normalized spacial score (nSPS) is 17.1. The number of nitrogens with zero attached hydrogens (tertiary/aromatic N) is 1. The van der Waals surface area contributed by atoms with Crippen LogP contribution < -0.4 is 10.2 Å². The highest BCUT2D eigenvalue weighted by Gasteiger charge is 2.19. The van der Waals surface area contributed by atoms with Crippen LogP contribution in [0.5, 0.6) is 0 Å². The largest absolute Gasteiger partial charge is 0.384 e. The van der Waals surface area contributed by atoms with Crippen molar-refractivity contribution < 1.29 is 4.74 Å². The standard InChI is InChI=1S/C15H24N2O/c1-16-14-7-10-17(11-8-14)15-6-4-3-5-13(15)9-12-18-2/h3-6,14,16H,7-12H2,1-2H3. The Kier molecular flexibility index (Phi) is 5.02. The predicted molar refractivity (Wildman–Crippen MR) is 76.3 cm³/mol. The van der Waals surface area contributed by atoms with Crippen LogP contribution in [-0.2, 0) is 11.2 Å². The minimum atomic E-state index is 0.687. The van der Waals surface area contributed by atoms with E-state index in [2.05, 4.69) is 41.5 Å². The van der Waals surface area contributed by atoms with Gasteiger partial charge in [0.1, 0.15) is 0 Å². The van der Waals surface area contributed by atoms with E-state index in [1.54, 1.807) is 7.11 Å². The number of piperidine rings is 1. The van der Waals surface area contributed by atoms with Gasteiger partial charge in [0.15, 0.2) is 0 Å². The summed E-state index contributed by atoms with van der Waals surface area (Å²) in [6.45, 7) is 3.09. The van der Waals surface area contributed by atoms with Gasteiger partial charge in [0, 0.05) is 31.9 Å². The second-order valence-electron chi connectivity index (χ2n) is 4.92. The zero-order chi connectivity index (χ0) is 12.8. The minimum absolute atomic E-state index is 0.687. The van der Waals surface area contributed by atoms with E-state index in [0.717, 1.165) is 26.1 Å². The Morgan fingerprint density at radius 1 is 1.28 bits per heavy atom. The van der Waals surface area contributed by atoms with Crippen LogP contribution >= 0.6 is 0 Å². The van der Waals surface area contributed by atoms with Gasteiger partial charge in [-0.15, -0.1) is 0 Å². The summed E-state index contributed by atoms with van der Waals surface area (Å²) in [4.78, 5) is 2.51. The summed E-state index contributed by atoms with van der Waals surface area (Å²) >= 11 is 0. The van der Waals surface area contributed by atoms with E-state index >= 15 is 0 Å². The summed E-state index contributed by atoms with van der Waals surface area (Å²) < 4.78 is 5.19. The number of ether oxygens (including phenoxy) is 1. The molecular formula is C15H24N2O. The Balaban J connectivity index is 2.03. The van der Waals surface area contributed by atoms with Gasteiger partial charge in [-0.05, 0) is 37.9 Å². The smallest absolute Gasteiger partial charge is 0.0503 e. The fraction of sp³-hybridized carbons (Fsp3) is 0.600. The Hall–Kier alpha value is -1.06. The van der Waals surface area contributed by atoms with Crippen molar-refractivity contribution in [3.8, 4) is 0 Å². The molecule has 1 aliphatic heterocycles.